The second kappa shape index (κ2) is 5.91. The van der Waals surface area contributed by atoms with Crippen LogP contribution in [-0.2, 0) is 4.79 Å². The number of nitrogen functional groups attached to an aromatic ring is 1. The van der Waals surface area contributed by atoms with E-state index in [1.54, 1.807) is 12.3 Å². The van der Waals surface area contributed by atoms with Crippen LogP contribution in [0.1, 0.15) is 25.7 Å². The zero-order valence-corrected chi connectivity index (χ0v) is 10.8. The molecule has 1 aliphatic carbocycles. The number of nitrogens with one attached hydrogen (secondary N) is 2. The van der Waals surface area contributed by atoms with E-state index in [0.29, 0.717) is 35.5 Å². The van der Waals surface area contributed by atoms with Crippen molar-refractivity contribution in [3.63, 3.8) is 0 Å². The van der Waals surface area contributed by atoms with Crippen molar-refractivity contribution in [2.24, 2.45) is 0 Å². The molecule has 0 aliphatic heterocycles. The molecular weight excluding hydrogens is 252 g/mol. The van der Waals surface area contributed by atoms with Crippen LogP contribution in [-0.4, -0.2) is 23.5 Å². The highest BCUT2D eigenvalue weighted by molar-refractivity contribution is 6.33. The molecule has 0 atom stereocenters. The minimum absolute atomic E-state index is 0.121. The van der Waals surface area contributed by atoms with Gasteiger partial charge in [0.05, 0.1) is 16.9 Å². The van der Waals surface area contributed by atoms with E-state index >= 15 is 0 Å². The highest BCUT2D eigenvalue weighted by Gasteiger charge is 2.22. The van der Waals surface area contributed by atoms with E-state index in [4.69, 9.17) is 17.3 Å². The van der Waals surface area contributed by atoms with Gasteiger partial charge in [-0.15, -0.1) is 0 Å². The summed E-state index contributed by atoms with van der Waals surface area (Å²) < 4.78 is 0. The summed E-state index contributed by atoms with van der Waals surface area (Å²) in [6.45, 7) is 0.661. The number of carbonyl (C=O) groups is 1. The first-order valence-electron chi connectivity index (χ1n) is 6.09. The van der Waals surface area contributed by atoms with Gasteiger partial charge in [0.2, 0.25) is 5.91 Å². The predicted molar refractivity (Wildman–Crippen MR) is 72.5 cm³/mol. The molecule has 0 aromatic carbocycles. The fourth-order valence-corrected chi connectivity index (χ4v) is 1.81. The molecule has 1 aliphatic rings. The number of pyridine rings is 1. The lowest BCUT2D eigenvalue weighted by molar-refractivity contribution is -0.121. The van der Waals surface area contributed by atoms with Gasteiger partial charge in [-0.2, -0.15) is 0 Å². The van der Waals surface area contributed by atoms with Crippen molar-refractivity contribution in [3.05, 3.63) is 17.3 Å². The molecule has 2 rings (SSSR count). The number of hydrogen-bond acceptors (Lipinski definition) is 4. The van der Waals surface area contributed by atoms with Crippen molar-refractivity contribution >= 4 is 29.0 Å². The summed E-state index contributed by atoms with van der Waals surface area (Å²) in [7, 11) is 0. The summed E-state index contributed by atoms with van der Waals surface area (Å²) in [5, 5.41) is 6.53. The van der Waals surface area contributed by atoms with Crippen molar-refractivity contribution < 1.29 is 4.79 Å². The second-order valence-electron chi connectivity index (χ2n) is 4.47. The zero-order chi connectivity index (χ0) is 13.0. The Morgan fingerprint density at radius 2 is 2.33 bits per heavy atom. The summed E-state index contributed by atoms with van der Waals surface area (Å²) in [5.41, 5.74) is 6.08. The molecule has 1 aromatic heterocycles. The normalized spacial score (nSPS) is 14.3. The molecule has 0 bridgehead atoms. The molecule has 0 radical (unpaired) electrons. The SMILES string of the molecule is Nc1cnc(NCCCC(=O)NC2CC2)c(Cl)c1. The molecule has 1 heterocycles. The molecule has 0 unspecified atom stereocenters. The number of anilines is 2. The molecule has 98 valence electrons. The van der Waals surface area contributed by atoms with Gasteiger partial charge in [-0.25, -0.2) is 4.98 Å². The van der Waals surface area contributed by atoms with E-state index in [2.05, 4.69) is 15.6 Å². The van der Waals surface area contributed by atoms with Gasteiger partial charge in [0, 0.05) is 19.0 Å². The Morgan fingerprint density at radius 3 is 3.00 bits per heavy atom. The Labute approximate surface area is 111 Å². The number of aromatic nitrogens is 1. The zero-order valence-electron chi connectivity index (χ0n) is 10.1. The third-order valence-corrected chi connectivity index (χ3v) is 2.97. The first kappa shape index (κ1) is 13.0. The number of rotatable bonds is 6. The highest BCUT2D eigenvalue weighted by Crippen LogP contribution is 2.21. The maximum absolute atomic E-state index is 11.4. The quantitative estimate of drug-likeness (QED) is 0.687. The molecule has 1 saturated carbocycles. The standard InChI is InChI=1S/C12H17ClN4O/c13-10-6-8(14)7-16-12(10)15-5-1-2-11(18)17-9-3-4-9/h6-7,9H,1-5,14H2,(H,15,16)(H,17,18). The lowest BCUT2D eigenvalue weighted by atomic mass is 10.3. The first-order valence-corrected chi connectivity index (χ1v) is 6.47. The highest BCUT2D eigenvalue weighted by atomic mass is 35.5. The van der Waals surface area contributed by atoms with Crippen LogP contribution >= 0.6 is 11.6 Å². The predicted octanol–water partition coefficient (Wildman–Crippen LogP) is 1.79. The fourth-order valence-electron chi connectivity index (χ4n) is 1.57. The van der Waals surface area contributed by atoms with Gasteiger partial charge in [-0.05, 0) is 25.3 Å². The van der Waals surface area contributed by atoms with E-state index in [-0.39, 0.29) is 5.91 Å². The number of hydrogen-bond donors (Lipinski definition) is 3. The van der Waals surface area contributed by atoms with Crippen molar-refractivity contribution in [1.29, 1.82) is 0 Å². The van der Waals surface area contributed by atoms with E-state index in [1.807, 2.05) is 0 Å². The van der Waals surface area contributed by atoms with Gasteiger partial charge in [0.1, 0.15) is 5.82 Å². The maximum atomic E-state index is 11.4. The van der Waals surface area contributed by atoms with Gasteiger partial charge < -0.3 is 16.4 Å². The van der Waals surface area contributed by atoms with Crippen LogP contribution in [0.5, 0.6) is 0 Å². The summed E-state index contributed by atoms with van der Waals surface area (Å²) in [4.78, 5) is 15.5. The van der Waals surface area contributed by atoms with Gasteiger partial charge in [-0.1, -0.05) is 11.6 Å². The Balaban J connectivity index is 1.66. The molecule has 4 N–H and O–H groups in total. The Kier molecular flexibility index (Phi) is 4.25. The van der Waals surface area contributed by atoms with Gasteiger partial charge >= 0.3 is 0 Å². The molecule has 6 heteroatoms. The summed E-state index contributed by atoms with van der Waals surface area (Å²) >= 11 is 5.96. The van der Waals surface area contributed by atoms with E-state index < -0.39 is 0 Å². The second-order valence-corrected chi connectivity index (χ2v) is 4.88. The lowest BCUT2D eigenvalue weighted by Crippen LogP contribution is -2.25. The largest absolute Gasteiger partial charge is 0.397 e. The number of nitrogens with zero attached hydrogens (tertiary/aromatic N) is 1. The van der Waals surface area contributed by atoms with Crippen LogP contribution in [0.2, 0.25) is 5.02 Å². The average Bonchev–Trinajstić information content (AvgIpc) is 3.10. The average molecular weight is 269 g/mol. The van der Waals surface area contributed by atoms with Crippen LogP contribution in [0.25, 0.3) is 0 Å². The number of nitrogens with two attached hydrogens (primary N) is 1. The van der Waals surface area contributed by atoms with E-state index in [1.165, 1.54) is 0 Å². The van der Waals surface area contributed by atoms with Gasteiger partial charge in [-0.3, -0.25) is 4.79 Å². The molecule has 1 amide bonds. The summed E-state index contributed by atoms with van der Waals surface area (Å²) in [6.07, 6.45) is 5.06. The van der Waals surface area contributed by atoms with Crippen LogP contribution in [0, 0.1) is 0 Å². The Hall–Kier alpha value is -1.49. The molecule has 18 heavy (non-hydrogen) atoms. The van der Waals surface area contributed by atoms with Crippen molar-refractivity contribution in [1.82, 2.24) is 10.3 Å². The molecule has 0 spiro atoms. The fraction of sp³-hybridized carbons (Fsp3) is 0.500. The third kappa shape index (κ3) is 4.07. The molecule has 1 fully saturated rings. The van der Waals surface area contributed by atoms with Crippen LogP contribution < -0.4 is 16.4 Å². The molecule has 5 nitrogen and oxygen atoms in total. The van der Waals surface area contributed by atoms with Crippen LogP contribution in [0.15, 0.2) is 12.3 Å². The number of halogens is 1. The van der Waals surface area contributed by atoms with E-state index in [0.717, 1.165) is 19.3 Å². The monoisotopic (exact) mass is 268 g/mol. The molecule has 0 saturated heterocycles. The topological polar surface area (TPSA) is 80.0 Å². The minimum atomic E-state index is 0.121. The van der Waals surface area contributed by atoms with E-state index in [9.17, 15) is 4.79 Å². The summed E-state index contributed by atoms with van der Waals surface area (Å²) in [6, 6.07) is 2.08. The first-order chi connectivity index (χ1) is 8.65. The third-order valence-electron chi connectivity index (χ3n) is 2.68. The lowest BCUT2D eigenvalue weighted by Gasteiger charge is -2.07. The van der Waals surface area contributed by atoms with Crippen molar-refractivity contribution in [2.75, 3.05) is 17.6 Å². The van der Waals surface area contributed by atoms with Gasteiger partial charge in [0.15, 0.2) is 0 Å². The number of amides is 1. The Bertz CT molecular complexity index is 434. The van der Waals surface area contributed by atoms with Crippen molar-refractivity contribution in [3.8, 4) is 0 Å². The molecule has 1 aromatic rings. The maximum Gasteiger partial charge on any atom is 0.220 e. The molecular formula is C12H17ClN4O. The van der Waals surface area contributed by atoms with Gasteiger partial charge in [0.25, 0.3) is 0 Å². The van der Waals surface area contributed by atoms with Crippen LogP contribution in [0.3, 0.4) is 0 Å². The van der Waals surface area contributed by atoms with Crippen LogP contribution in [0.4, 0.5) is 11.5 Å². The summed E-state index contributed by atoms with van der Waals surface area (Å²) in [5.74, 6) is 0.726. The minimum Gasteiger partial charge on any atom is -0.397 e. The Morgan fingerprint density at radius 1 is 1.56 bits per heavy atom. The van der Waals surface area contributed by atoms with Crippen molar-refractivity contribution in [2.45, 2.75) is 31.7 Å². The number of carbonyl (C=O) groups excluding carboxylic acids is 1. The smallest absolute Gasteiger partial charge is 0.220 e.